The van der Waals surface area contributed by atoms with Crippen molar-refractivity contribution in [1.82, 2.24) is 29.9 Å². The third kappa shape index (κ3) is 2.75. The summed E-state index contributed by atoms with van der Waals surface area (Å²) in [6.45, 7) is 2.90. The van der Waals surface area contributed by atoms with Crippen molar-refractivity contribution >= 4 is 34.9 Å². The van der Waals surface area contributed by atoms with Crippen molar-refractivity contribution in [3.8, 4) is 11.4 Å². The Morgan fingerprint density at radius 2 is 2.27 bits per heavy atom. The Balaban J connectivity index is 1.46. The molecule has 0 saturated heterocycles. The molecule has 9 heteroatoms. The van der Waals surface area contributed by atoms with Crippen molar-refractivity contribution in [3.05, 3.63) is 29.5 Å². The molecule has 0 bridgehead atoms. The second kappa shape index (κ2) is 5.98. The van der Waals surface area contributed by atoms with Crippen molar-refractivity contribution in [1.29, 1.82) is 0 Å². The van der Waals surface area contributed by atoms with Crippen LogP contribution in [0.2, 0.25) is 0 Å². The van der Waals surface area contributed by atoms with E-state index in [-0.39, 0.29) is 0 Å². The Morgan fingerprint density at radius 3 is 3.05 bits per heavy atom. The molecule has 1 aliphatic heterocycles. The molecule has 6 nitrogen and oxygen atoms in total. The molecular formula is C13H12N6S3. The number of aromatic nitrogens is 6. The lowest BCUT2D eigenvalue weighted by Crippen LogP contribution is -2.09. The van der Waals surface area contributed by atoms with E-state index in [1.165, 1.54) is 0 Å². The van der Waals surface area contributed by atoms with E-state index in [1.54, 1.807) is 41.1 Å². The van der Waals surface area contributed by atoms with Crippen molar-refractivity contribution in [2.24, 2.45) is 0 Å². The number of rotatable bonds is 4. The second-order valence-electron chi connectivity index (χ2n) is 4.80. The Hall–Kier alpha value is -1.45. The largest absolute Gasteiger partial charge is 0.301 e. The predicted octanol–water partition coefficient (Wildman–Crippen LogP) is 2.77. The molecule has 22 heavy (non-hydrogen) atoms. The summed E-state index contributed by atoms with van der Waals surface area (Å²) in [5.74, 6) is 1.89. The maximum atomic E-state index is 4.30. The molecule has 0 N–H and O–H groups in total. The van der Waals surface area contributed by atoms with Gasteiger partial charge >= 0.3 is 0 Å². The summed E-state index contributed by atoms with van der Waals surface area (Å²) < 4.78 is 3.21. The first-order valence-electron chi connectivity index (χ1n) is 6.73. The van der Waals surface area contributed by atoms with E-state index in [2.05, 4.69) is 29.9 Å². The number of aryl methyl sites for hydroxylation is 1. The van der Waals surface area contributed by atoms with E-state index in [9.17, 15) is 0 Å². The quantitative estimate of drug-likeness (QED) is 0.671. The zero-order valence-corrected chi connectivity index (χ0v) is 14.2. The number of fused-ring (bicyclic) bond motifs is 1. The summed E-state index contributed by atoms with van der Waals surface area (Å²) in [5.41, 5.74) is 1.01. The predicted molar refractivity (Wildman–Crippen MR) is 88.3 cm³/mol. The Kier molecular flexibility index (Phi) is 3.85. The maximum absolute atomic E-state index is 4.30. The van der Waals surface area contributed by atoms with Gasteiger partial charge in [-0.1, -0.05) is 34.9 Å². The lowest BCUT2D eigenvalue weighted by Gasteiger charge is -2.06. The van der Waals surface area contributed by atoms with E-state index < -0.39 is 0 Å². The molecule has 4 heterocycles. The van der Waals surface area contributed by atoms with E-state index in [0.29, 0.717) is 5.25 Å². The van der Waals surface area contributed by atoms with Crippen LogP contribution in [0.4, 0.5) is 0 Å². The van der Waals surface area contributed by atoms with Crippen LogP contribution in [0.15, 0.2) is 34.0 Å². The third-order valence-corrected chi connectivity index (χ3v) is 6.70. The molecule has 0 fully saturated rings. The zero-order chi connectivity index (χ0) is 14.9. The van der Waals surface area contributed by atoms with Crippen LogP contribution in [-0.4, -0.2) is 40.9 Å². The number of hydrogen-bond donors (Lipinski definition) is 0. The average molecular weight is 348 g/mol. The van der Waals surface area contributed by atoms with Gasteiger partial charge in [0.1, 0.15) is 5.01 Å². The number of nitrogens with zero attached hydrogens (tertiary/aromatic N) is 6. The molecule has 0 amide bonds. The van der Waals surface area contributed by atoms with Crippen LogP contribution in [0.5, 0.6) is 0 Å². The molecule has 0 radical (unpaired) electrons. The van der Waals surface area contributed by atoms with Crippen molar-refractivity contribution in [2.75, 3.05) is 5.75 Å². The van der Waals surface area contributed by atoms with Gasteiger partial charge in [-0.05, 0) is 19.1 Å². The zero-order valence-electron chi connectivity index (χ0n) is 11.7. The first-order chi connectivity index (χ1) is 10.8. The average Bonchev–Trinajstić information content (AvgIpc) is 3.21. The first kappa shape index (κ1) is 14.2. The van der Waals surface area contributed by atoms with Crippen molar-refractivity contribution < 1.29 is 0 Å². The van der Waals surface area contributed by atoms with Gasteiger partial charge in [0, 0.05) is 35.5 Å². The summed E-state index contributed by atoms with van der Waals surface area (Å²) in [4.78, 5) is 4.16. The number of pyridine rings is 1. The van der Waals surface area contributed by atoms with Crippen LogP contribution < -0.4 is 0 Å². The fourth-order valence-corrected chi connectivity index (χ4v) is 5.35. The molecular weight excluding hydrogens is 336 g/mol. The monoisotopic (exact) mass is 348 g/mol. The highest BCUT2D eigenvalue weighted by atomic mass is 32.2. The smallest absolute Gasteiger partial charge is 0.191 e. The Labute approximate surface area is 139 Å². The molecule has 0 aromatic carbocycles. The van der Waals surface area contributed by atoms with E-state index in [0.717, 1.165) is 38.2 Å². The summed E-state index contributed by atoms with van der Waals surface area (Å²) in [5, 5.41) is 19.3. The van der Waals surface area contributed by atoms with Gasteiger partial charge in [-0.3, -0.25) is 4.98 Å². The summed E-state index contributed by atoms with van der Waals surface area (Å²) >= 11 is 5.19. The van der Waals surface area contributed by atoms with Gasteiger partial charge < -0.3 is 4.57 Å². The molecule has 112 valence electrons. The highest BCUT2D eigenvalue weighted by Gasteiger charge is 2.27. The standard InChI is InChI=1S/C13H12N6S3/c1-8-15-18-13(21-8)20-7-10-6-19-11(16-17-12(19)22-10)9-3-2-4-14-5-9/h2-5,10H,6-7H2,1H3/t10-/m1/s1. The molecule has 0 spiro atoms. The van der Waals surface area contributed by atoms with Crippen LogP contribution in [-0.2, 0) is 6.54 Å². The fourth-order valence-electron chi connectivity index (χ4n) is 2.23. The molecule has 0 saturated carbocycles. The van der Waals surface area contributed by atoms with Gasteiger partial charge in [0.25, 0.3) is 0 Å². The minimum Gasteiger partial charge on any atom is -0.301 e. The topological polar surface area (TPSA) is 69.4 Å². The number of thioether (sulfide) groups is 2. The maximum Gasteiger partial charge on any atom is 0.191 e. The van der Waals surface area contributed by atoms with Gasteiger partial charge in [0.05, 0.1) is 0 Å². The molecule has 3 aromatic heterocycles. The number of hydrogen-bond acceptors (Lipinski definition) is 8. The van der Waals surface area contributed by atoms with Gasteiger partial charge in [-0.2, -0.15) is 0 Å². The van der Waals surface area contributed by atoms with E-state index >= 15 is 0 Å². The molecule has 0 aliphatic carbocycles. The fraction of sp³-hybridized carbons (Fsp3) is 0.308. The van der Waals surface area contributed by atoms with Crippen molar-refractivity contribution in [3.63, 3.8) is 0 Å². The van der Waals surface area contributed by atoms with Crippen LogP contribution >= 0.6 is 34.9 Å². The first-order valence-corrected chi connectivity index (χ1v) is 9.41. The third-order valence-electron chi connectivity index (χ3n) is 3.20. The van der Waals surface area contributed by atoms with Gasteiger partial charge in [0.2, 0.25) is 0 Å². The molecule has 1 atom stereocenters. The van der Waals surface area contributed by atoms with E-state index in [4.69, 9.17) is 0 Å². The normalized spacial score (nSPS) is 16.9. The van der Waals surface area contributed by atoms with Crippen LogP contribution in [0, 0.1) is 6.92 Å². The Morgan fingerprint density at radius 1 is 1.32 bits per heavy atom. The highest BCUT2D eigenvalue weighted by molar-refractivity contribution is 8.04. The molecule has 3 aromatic rings. The summed E-state index contributed by atoms with van der Waals surface area (Å²) in [6, 6.07) is 3.94. The van der Waals surface area contributed by atoms with Crippen LogP contribution in [0.3, 0.4) is 0 Å². The van der Waals surface area contributed by atoms with Gasteiger partial charge in [-0.25, -0.2) is 0 Å². The Bertz CT molecular complexity index is 784. The molecule has 1 aliphatic rings. The minimum absolute atomic E-state index is 0.482. The SMILES string of the molecule is Cc1nnc(SC[C@H]2Cn3c(nnc3-c3cccnc3)S2)s1. The lowest BCUT2D eigenvalue weighted by molar-refractivity contribution is 0.678. The van der Waals surface area contributed by atoms with Crippen LogP contribution in [0.25, 0.3) is 11.4 Å². The van der Waals surface area contributed by atoms with Gasteiger partial charge in [-0.15, -0.1) is 20.4 Å². The second-order valence-corrected chi connectivity index (χ2v) is 8.51. The summed E-state index contributed by atoms with van der Waals surface area (Å²) in [6.07, 6.45) is 3.59. The van der Waals surface area contributed by atoms with E-state index in [1.807, 2.05) is 25.3 Å². The highest BCUT2D eigenvalue weighted by Crippen LogP contribution is 2.37. The molecule has 4 rings (SSSR count). The summed E-state index contributed by atoms with van der Waals surface area (Å²) in [7, 11) is 0. The lowest BCUT2D eigenvalue weighted by atomic mass is 10.2. The van der Waals surface area contributed by atoms with Crippen molar-refractivity contribution in [2.45, 2.75) is 28.2 Å². The van der Waals surface area contributed by atoms with Crippen LogP contribution in [0.1, 0.15) is 5.01 Å². The molecule has 0 unspecified atom stereocenters. The minimum atomic E-state index is 0.482. The van der Waals surface area contributed by atoms with Gasteiger partial charge in [0.15, 0.2) is 15.3 Å².